The molecule has 0 aliphatic carbocycles. The number of carboxylic acids is 1. The quantitative estimate of drug-likeness (QED) is 0.255. The van der Waals surface area contributed by atoms with Crippen LogP contribution in [-0.4, -0.2) is 93.2 Å². The van der Waals surface area contributed by atoms with Crippen LogP contribution in [0, 0.1) is 11.8 Å². The van der Waals surface area contributed by atoms with Crippen molar-refractivity contribution in [3.63, 3.8) is 0 Å². The van der Waals surface area contributed by atoms with Crippen molar-refractivity contribution in [1.29, 1.82) is 0 Å². The van der Waals surface area contributed by atoms with Crippen molar-refractivity contribution in [2.45, 2.75) is 90.0 Å². The van der Waals surface area contributed by atoms with Gasteiger partial charge in [0.25, 0.3) is 0 Å². The molecule has 46 heavy (non-hydrogen) atoms. The minimum atomic E-state index is -1.54. The van der Waals surface area contributed by atoms with Gasteiger partial charge >= 0.3 is 5.97 Å². The minimum absolute atomic E-state index is 0.0484. The lowest BCUT2D eigenvalue weighted by Crippen LogP contribution is -2.59. The molecule has 5 amide bonds. The Kier molecular flexibility index (Phi) is 10.8. The second-order valence-electron chi connectivity index (χ2n) is 12.7. The van der Waals surface area contributed by atoms with Gasteiger partial charge in [-0.3, -0.25) is 38.1 Å². The van der Waals surface area contributed by atoms with Crippen LogP contribution in [0.4, 0.5) is 0 Å². The number of nitrogens with one attached hydrogen (secondary N) is 4. The predicted octanol–water partition coefficient (Wildman–Crippen LogP) is 0.343. The molecule has 2 fully saturated rings. The molecule has 4 rings (SSSR count). The van der Waals surface area contributed by atoms with Crippen LogP contribution in [0.5, 0.6) is 0 Å². The Bertz CT molecular complexity index is 1520. The first-order chi connectivity index (χ1) is 21.8. The third-order valence-corrected chi connectivity index (χ3v) is 8.41. The maximum atomic E-state index is 13.9. The number of benzene rings is 1. The highest BCUT2D eigenvalue weighted by Gasteiger charge is 2.41. The smallest absolute Gasteiger partial charge is 0.305 e. The number of fused-ring (bicyclic) bond motifs is 2. The van der Waals surface area contributed by atoms with Crippen molar-refractivity contribution >= 4 is 52.8 Å². The summed E-state index contributed by atoms with van der Waals surface area (Å²) in [5.74, 6) is -5.20. The van der Waals surface area contributed by atoms with Crippen molar-refractivity contribution in [2.75, 3.05) is 6.54 Å². The summed E-state index contributed by atoms with van der Waals surface area (Å²) < 4.78 is 1.35. The van der Waals surface area contributed by atoms with Gasteiger partial charge in [0.15, 0.2) is 0 Å². The zero-order valence-electron chi connectivity index (χ0n) is 26.4. The molecule has 0 saturated carbocycles. The van der Waals surface area contributed by atoms with Crippen molar-refractivity contribution in [3.05, 3.63) is 36.0 Å². The fourth-order valence-electron chi connectivity index (χ4n) is 6.13. The van der Waals surface area contributed by atoms with E-state index >= 15 is 0 Å². The molecule has 248 valence electrons. The van der Waals surface area contributed by atoms with Gasteiger partial charge in [-0.1, -0.05) is 45.9 Å². The van der Waals surface area contributed by atoms with E-state index in [2.05, 4.69) is 21.3 Å². The summed E-state index contributed by atoms with van der Waals surface area (Å²) in [6.45, 7) is 7.37. The molecule has 2 aromatic rings. The Hall–Kier alpha value is -4.75. The lowest BCUT2D eigenvalue weighted by Gasteiger charge is -2.30. The molecular weight excluding hydrogens is 596 g/mol. The van der Waals surface area contributed by atoms with Gasteiger partial charge in [0, 0.05) is 24.5 Å². The molecular formula is C32H42N6O8. The van der Waals surface area contributed by atoms with Crippen LogP contribution < -0.4 is 21.3 Å². The molecule has 0 unspecified atom stereocenters. The monoisotopic (exact) mass is 638 g/mol. The zero-order valence-corrected chi connectivity index (χ0v) is 26.4. The Labute approximate surface area is 266 Å². The second-order valence-corrected chi connectivity index (χ2v) is 12.7. The Balaban J connectivity index is 1.79. The molecule has 1 aromatic carbocycles. The highest BCUT2D eigenvalue weighted by atomic mass is 16.4. The molecule has 5 atom stereocenters. The summed E-state index contributed by atoms with van der Waals surface area (Å²) in [6.07, 6.45) is 2.25. The maximum Gasteiger partial charge on any atom is 0.305 e. The second kappa shape index (κ2) is 14.6. The summed E-state index contributed by atoms with van der Waals surface area (Å²) in [5.41, 5.74) is 1.12. The van der Waals surface area contributed by atoms with Gasteiger partial charge in [-0.25, -0.2) is 0 Å². The number of aromatic nitrogens is 1. The average Bonchev–Trinajstić information content (AvgIpc) is 3.62. The Morgan fingerprint density at radius 3 is 2.22 bits per heavy atom. The minimum Gasteiger partial charge on any atom is -0.481 e. The van der Waals surface area contributed by atoms with Gasteiger partial charge in [0.2, 0.25) is 35.9 Å². The third kappa shape index (κ3) is 7.72. The number of nitrogens with zero attached hydrogens (tertiary/aromatic N) is 2. The van der Waals surface area contributed by atoms with Crippen molar-refractivity contribution in [1.82, 2.24) is 30.7 Å². The van der Waals surface area contributed by atoms with Gasteiger partial charge in [0.05, 0.1) is 11.9 Å². The number of amides is 5. The fraction of sp³-hybridized carbons (Fsp3) is 0.531. The SMILES string of the molecule is CC(C)C[C@@H]1NC(=O)[C@@H](C(C)C)NC(=O)[C@@H]2CCCN2C(=O)[C@@H](CC(=O)O)NC(=O)[C@@H](Cc2cn(C=O)c3ccccc23)NC1=O. The third-order valence-electron chi connectivity index (χ3n) is 8.41. The Morgan fingerprint density at radius 2 is 1.57 bits per heavy atom. The highest BCUT2D eigenvalue weighted by molar-refractivity contribution is 5.99. The number of rotatable bonds is 8. The van der Waals surface area contributed by atoms with E-state index in [4.69, 9.17) is 0 Å². The van der Waals surface area contributed by atoms with E-state index in [9.17, 15) is 38.7 Å². The van der Waals surface area contributed by atoms with E-state index in [1.54, 1.807) is 44.3 Å². The van der Waals surface area contributed by atoms with Crippen LogP contribution in [0.1, 0.15) is 58.9 Å². The standard InChI is InChI=1S/C32H42N6O8/c1-17(2)12-21-28(42)33-22(13-19-15-37(16-39)24-9-6-5-8-20(19)24)29(43)35-23(14-26(40)41)32(46)38-11-7-10-25(38)30(44)36-27(18(3)4)31(45)34-21/h5-6,8-9,15-18,21-23,25,27H,7,10-14H2,1-4H3,(H,33,42)(H,34,45)(H,35,43)(H,36,44)(H,40,41)/t21-,22+,23+,25-,27+/m0/s1. The van der Waals surface area contributed by atoms with E-state index in [0.29, 0.717) is 29.3 Å². The van der Waals surface area contributed by atoms with Crippen molar-refractivity contribution < 1.29 is 38.7 Å². The summed E-state index contributed by atoms with van der Waals surface area (Å²) in [4.78, 5) is 93.3. The maximum absolute atomic E-state index is 13.9. The van der Waals surface area contributed by atoms with E-state index in [0.717, 1.165) is 0 Å². The van der Waals surface area contributed by atoms with Gasteiger partial charge < -0.3 is 31.3 Å². The van der Waals surface area contributed by atoms with Crippen LogP contribution in [0.2, 0.25) is 0 Å². The van der Waals surface area contributed by atoms with Crippen LogP contribution in [-0.2, 0) is 40.0 Å². The van der Waals surface area contributed by atoms with Gasteiger partial charge in [-0.2, -0.15) is 0 Å². The lowest BCUT2D eigenvalue weighted by molar-refractivity contribution is -0.146. The summed E-state index contributed by atoms with van der Waals surface area (Å²) >= 11 is 0. The van der Waals surface area contributed by atoms with Crippen LogP contribution in [0.3, 0.4) is 0 Å². The number of aliphatic carboxylic acids is 1. The number of carbonyl (C=O) groups is 7. The predicted molar refractivity (Wildman–Crippen MR) is 167 cm³/mol. The van der Waals surface area contributed by atoms with E-state index in [-0.39, 0.29) is 37.6 Å². The fourth-order valence-corrected chi connectivity index (χ4v) is 6.13. The molecule has 0 bridgehead atoms. The van der Waals surface area contributed by atoms with Crippen molar-refractivity contribution in [3.8, 4) is 0 Å². The van der Waals surface area contributed by atoms with Gasteiger partial charge in [-0.05, 0) is 42.7 Å². The molecule has 5 N–H and O–H groups in total. The first kappa shape index (κ1) is 34.1. The molecule has 14 nitrogen and oxygen atoms in total. The normalized spacial score (nSPS) is 25.0. The lowest BCUT2D eigenvalue weighted by atomic mass is 9.98. The number of carbonyl (C=O) groups excluding carboxylic acids is 6. The first-order valence-corrected chi connectivity index (χ1v) is 15.6. The summed E-state index contributed by atoms with van der Waals surface area (Å²) in [5, 5.41) is 21.0. The number of carboxylic acid groups (broad SMARTS) is 1. The van der Waals surface area contributed by atoms with Crippen LogP contribution in [0.15, 0.2) is 30.5 Å². The molecule has 2 aliphatic heterocycles. The molecule has 14 heteroatoms. The average molecular weight is 639 g/mol. The van der Waals surface area contributed by atoms with Crippen LogP contribution >= 0.6 is 0 Å². The van der Waals surface area contributed by atoms with E-state index in [1.165, 1.54) is 9.47 Å². The number of hydrogen-bond acceptors (Lipinski definition) is 7. The molecule has 2 aliphatic rings. The Morgan fingerprint density at radius 1 is 0.913 bits per heavy atom. The highest BCUT2D eigenvalue weighted by Crippen LogP contribution is 2.23. The molecule has 1 aromatic heterocycles. The van der Waals surface area contributed by atoms with Gasteiger partial charge in [0.1, 0.15) is 30.2 Å². The number of hydrogen-bond donors (Lipinski definition) is 5. The number of para-hydroxylation sites is 1. The molecule has 3 heterocycles. The summed E-state index contributed by atoms with van der Waals surface area (Å²) in [7, 11) is 0. The largest absolute Gasteiger partial charge is 0.481 e. The first-order valence-electron chi connectivity index (χ1n) is 15.6. The van der Waals surface area contributed by atoms with Crippen molar-refractivity contribution in [2.24, 2.45) is 11.8 Å². The molecule has 0 spiro atoms. The van der Waals surface area contributed by atoms with E-state index < -0.39 is 72.1 Å². The summed E-state index contributed by atoms with van der Waals surface area (Å²) in [6, 6.07) is 1.06. The molecule has 0 radical (unpaired) electrons. The van der Waals surface area contributed by atoms with Gasteiger partial charge in [-0.15, -0.1) is 0 Å². The topological polar surface area (TPSA) is 196 Å². The van der Waals surface area contributed by atoms with Crippen LogP contribution in [0.25, 0.3) is 10.9 Å². The molecule has 2 saturated heterocycles. The van der Waals surface area contributed by atoms with E-state index in [1.807, 2.05) is 13.8 Å². The zero-order chi connectivity index (χ0) is 33.7.